The van der Waals surface area contributed by atoms with E-state index in [1.165, 1.54) is 9.80 Å². The van der Waals surface area contributed by atoms with Gasteiger partial charge in [-0.25, -0.2) is 0 Å². The molecule has 2 aromatic rings. The van der Waals surface area contributed by atoms with E-state index in [0.29, 0.717) is 35.3 Å². The summed E-state index contributed by atoms with van der Waals surface area (Å²) in [4.78, 5) is 47.0. The van der Waals surface area contributed by atoms with Crippen LogP contribution in [0.2, 0.25) is 5.02 Å². The highest BCUT2D eigenvalue weighted by Crippen LogP contribution is 2.54. The molecule has 2 fully saturated rings. The van der Waals surface area contributed by atoms with Crippen LogP contribution in [0.25, 0.3) is 0 Å². The van der Waals surface area contributed by atoms with Gasteiger partial charge in [-0.15, -0.1) is 0 Å². The molecule has 6 rings (SSSR count). The van der Waals surface area contributed by atoms with Crippen molar-refractivity contribution in [1.29, 1.82) is 0 Å². The predicted octanol–water partition coefficient (Wildman–Crippen LogP) is 2.82. The minimum atomic E-state index is -1.38. The number of aliphatic hydroxyl groups is 1. The molecule has 5 atom stereocenters. The number of likely N-dealkylation sites (tertiary alicyclic amines) is 1. The summed E-state index contributed by atoms with van der Waals surface area (Å²) in [5.74, 6) is -2.12. The number of para-hydroxylation sites is 1. The summed E-state index contributed by atoms with van der Waals surface area (Å²) in [5, 5.41) is 10.3. The Kier molecular flexibility index (Phi) is 6.90. The normalized spacial score (nSPS) is 29.3. The number of anilines is 2. The molecule has 1 spiro atoms. The van der Waals surface area contributed by atoms with Crippen LogP contribution in [0, 0.1) is 11.8 Å². The maximum atomic E-state index is 14.2. The Morgan fingerprint density at radius 3 is 2.48 bits per heavy atom. The second-order valence-electron chi connectivity index (χ2n) is 10.2. The predicted molar refractivity (Wildman–Crippen MR) is 149 cm³/mol. The van der Waals surface area contributed by atoms with Gasteiger partial charge in [-0.2, -0.15) is 0 Å². The second-order valence-corrected chi connectivity index (χ2v) is 10.6. The second kappa shape index (κ2) is 10.4. The Balaban J connectivity index is 1.40. The number of ether oxygens (including phenoxy) is 2. The van der Waals surface area contributed by atoms with Gasteiger partial charge in [0.25, 0.3) is 5.91 Å². The molecule has 3 amide bonds. The van der Waals surface area contributed by atoms with Crippen molar-refractivity contribution in [3.63, 3.8) is 0 Å². The van der Waals surface area contributed by atoms with E-state index in [1.54, 1.807) is 53.5 Å². The molecule has 10 heteroatoms. The Bertz CT molecular complexity index is 1390. The highest BCUT2D eigenvalue weighted by atomic mass is 35.5. The zero-order chi connectivity index (χ0) is 28.0. The van der Waals surface area contributed by atoms with E-state index < -0.39 is 29.6 Å². The fourth-order valence-corrected chi connectivity index (χ4v) is 6.73. The first-order chi connectivity index (χ1) is 19.4. The lowest BCUT2D eigenvalue weighted by Gasteiger charge is -2.35. The monoisotopic (exact) mass is 563 g/mol. The van der Waals surface area contributed by atoms with Crippen molar-refractivity contribution in [2.45, 2.75) is 24.7 Å². The zero-order valence-electron chi connectivity index (χ0n) is 22.0. The van der Waals surface area contributed by atoms with Gasteiger partial charge in [0.2, 0.25) is 11.8 Å². The number of hydrogen-bond acceptors (Lipinski definition) is 6. The quantitative estimate of drug-likeness (QED) is 0.543. The van der Waals surface area contributed by atoms with E-state index in [-0.39, 0.29) is 37.4 Å². The van der Waals surface area contributed by atoms with Crippen LogP contribution in [-0.4, -0.2) is 78.3 Å². The van der Waals surface area contributed by atoms with Crippen molar-refractivity contribution in [3.05, 3.63) is 77.9 Å². The fraction of sp³-hybridized carbons (Fsp3) is 0.367. The minimum Gasteiger partial charge on any atom is -0.494 e. The van der Waals surface area contributed by atoms with Crippen LogP contribution >= 0.6 is 11.6 Å². The van der Waals surface area contributed by atoms with Gasteiger partial charge in [-0.05, 0) is 43.3 Å². The van der Waals surface area contributed by atoms with E-state index in [2.05, 4.69) is 0 Å². The molecular formula is C30H30ClN3O6. The van der Waals surface area contributed by atoms with Gasteiger partial charge in [0.1, 0.15) is 17.4 Å². The van der Waals surface area contributed by atoms with E-state index >= 15 is 0 Å². The number of β-amino-alcohol motifs (C(OH)–C–C–N with tert-alkyl or cyclic N) is 1. The highest BCUT2D eigenvalue weighted by Gasteiger charge is 2.71. The molecule has 0 aromatic heterocycles. The third kappa shape index (κ3) is 4.03. The Labute approximate surface area is 237 Å². The van der Waals surface area contributed by atoms with Crippen LogP contribution in [0.15, 0.2) is 72.8 Å². The number of hydrogen-bond donors (Lipinski definition) is 1. The summed E-state index contributed by atoms with van der Waals surface area (Å²) in [7, 11) is 0. The first kappa shape index (κ1) is 26.6. The van der Waals surface area contributed by atoms with Crippen molar-refractivity contribution in [1.82, 2.24) is 4.90 Å². The average Bonchev–Trinajstić information content (AvgIpc) is 3.25. The number of nitrogens with zero attached hydrogens (tertiary/aromatic N) is 3. The molecule has 1 unspecified atom stereocenters. The van der Waals surface area contributed by atoms with Crippen molar-refractivity contribution >= 4 is 40.7 Å². The number of benzene rings is 2. The first-order valence-corrected chi connectivity index (χ1v) is 13.8. The molecule has 1 N–H and O–H groups in total. The SMILES string of the molecule is CCOc1ccc(N2CC=C[C@@H]3O[C@]45C=CCN(c6ccccc6Cl)C(=O)C4N(CCO)C(=O)[C@@H]5[C@@H]3C2=O)cc1. The fourth-order valence-electron chi connectivity index (χ4n) is 6.49. The molecule has 2 saturated heterocycles. The molecule has 2 aromatic carbocycles. The molecule has 40 heavy (non-hydrogen) atoms. The summed E-state index contributed by atoms with van der Waals surface area (Å²) >= 11 is 6.46. The standard InChI is InChI=1S/C30H30ClN3O6/c1-2-39-20-12-10-19(11-13-20)32-15-5-9-23-24(27(32)36)25-28(37)34(17-18-35)26-29(38)33(16-6-14-30(25,26)40-23)22-8-4-3-7-21(22)31/h3-14,23-26,35H,2,15-18H2,1H3/t23-,24+,25-,26?,30-/m0/s1. The van der Waals surface area contributed by atoms with Crippen molar-refractivity contribution in [2.24, 2.45) is 11.8 Å². The Hall–Kier alpha value is -3.66. The maximum Gasteiger partial charge on any atom is 0.253 e. The number of fused-ring (bicyclic) bond motifs is 2. The molecule has 4 aliphatic heterocycles. The molecule has 4 aliphatic rings. The summed E-state index contributed by atoms with van der Waals surface area (Å²) in [6.45, 7) is 2.56. The number of rotatable bonds is 6. The number of amides is 3. The van der Waals surface area contributed by atoms with Crippen LogP contribution in [-0.2, 0) is 19.1 Å². The molecule has 0 radical (unpaired) electrons. The molecule has 208 valence electrons. The van der Waals surface area contributed by atoms with E-state index in [4.69, 9.17) is 21.1 Å². The number of halogens is 1. The van der Waals surface area contributed by atoms with Crippen LogP contribution in [0.5, 0.6) is 5.75 Å². The van der Waals surface area contributed by atoms with Crippen LogP contribution in [0.4, 0.5) is 11.4 Å². The highest BCUT2D eigenvalue weighted by molar-refractivity contribution is 6.34. The largest absolute Gasteiger partial charge is 0.494 e. The first-order valence-electron chi connectivity index (χ1n) is 13.4. The summed E-state index contributed by atoms with van der Waals surface area (Å²) in [6.07, 6.45) is 6.55. The molecule has 4 heterocycles. The van der Waals surface area contributed by atoms with Crippen molar-refractivity contribution in [2.75, 3.05) is 42.6 Å². The Morgan fingerprint density at radius 2 is 1.75 bits per heavy atom. The van der Waals surface area contributed by atoms with Crippen molar-refractivity contribution in [3.8, 4) is 5.75 Å². The van der Waals surface area contributed by atoms with Crippen molar-refractivity contribution < 1.29 is 29.0 Å². The smallest absolute Gasteiger partial charge is 0.253 e. The maximum absolute atomic E-state index is 14.2. The topological polar surface area (TPSA) is 99.6 Å². The minimum absolute atomic E-state index is 0.0644. The Morgan fingerprint density at radius 1 is 1.00 bits per heavy atom. The molecule has 0 bridgehead atoms. The number of carbonyl (C=O) groups is 3. The van der Waals surface area contributed by atoms with Gasteiger partial charge in [-0.1, -0.05) is 48.0 Å². The van der Waals surface area contributed by atoms with Gasteiger partial charge in [0.15, 0.2) is 0 Å². The van der Waals surface area contributed by atoms with Gasteiger partial charge < -0.3 is 29.3 Å². The third-order valence-electron chi connectivity index (χ3n) is 8.10. The van der Waals surface area contributed by atoms with Crippen LogP contribution in [0.3, 0.4) is 0 Å². The van der Waals surface area contributed by atoms with Gasteiger partial charge in [-0.3, -0.25) is 14.4 Å². The van der Waals surface area contributed by atoms with Crippen LogP contribution in [0.1, 0.15) is 6.92 Å². The average molecular weight is 564 g/mol. The molecule has 0 saturated carbocycles. The van der Waals surface area contributed by atoms with E-state index in [0.717, 1.165) is 0 Å². The third-order valence-corrected chi connectivity index (χ3v) is 8.42. The van der Waals surface area contributed by atoms with E-state index in [9.17, 15) is 19.5 Å². The summed E-state index contributed by atoms with van der Waals surface area (Å²) in [5.41, 5.74) is -0.192. The molecular weight excluding hydrogens is 534 g/mol. The zero-order valence-corrected chi connectivity index (χ0v) is 22.7. The molecule has 0 aliphatic carbocycles. The van der Waals surface area contributed by atoms with Gasteiger partial charge in [0, 0.05) is 25.3 Å². The number of aliphatic hydroxyl groups excluding tert-OH is 1. The lowest BCUT2D eigenvalue weighted by Crippen LogP contribution is -2.55. The molecule has 9 nitrogen and oxygen atoms in total. The van der Waals surface area contributed by atoms with Gasteiger partial charge in [0.05, 0.1) is 41.9 Å². The van der Waals surface area contributed by atoms with E-state index in [1.807, 2.05) is 31.2 Å². The van der Waals surface area contributed by atoms with Gasteiger partial charge >= 0.3 is 0 Å². The summed E-state index contributed by atoms with van der Waals surface area (Å²) < 4.78 is 12.2. The lowest BCUT2D eigenvalue weighted by atomic mass is 9.77. The summed E-state index contributed by atoms with van der Waals surface area (Å²) in [6, 6.07) is 13.2. The lowest BCUT2D eigenvalue weighted by molar-refractivity contribution is -0.141. The number of carbonyl (C=O) groups excluding carboxylic acids is 3. The van der Waals surface area contributed by atoms with Crippen LogP contribution < -0.4 is 14.5 Å².